The molecule has 0 spiro atoms. The highest BCUT2D eigenvalue weighted by Crippen LogP contribution is 2.36. The number of rotatable bonds is 6. The molecule has 1 aliphatic carbocycles. The zero-order chi connectivity index (χ0) is 12.3. The van der Waals surface area contributed by atoms with E-state index in [1.54, 1.807) is 12.1 Å². The van der Waals surface area contributed by atoms with Crippen LogP contribution in [-0.2, 0) is 0 Å². The number of nitrogens with one attached hydrogen (secondary N) is 1. The molecular weight excluding hydrogens is 214 g/mol. The molecular formula is C14H19NO2. The van der Waals surface area contributed by atoms with Crippen molar-refractivity contribution < 1.29 is 9.90 Å². The SMILES string of the molecule is CCCC(Nc1ccccc1C(=O)O)C1CC1. The van der Waals surface area contributed by atoms with Gasteiger partial charge >= 0.3 is 5.97 Å². The first kappa shape index (κ1) is 12.0. The van der Waals surface area contributed by atoms with Crippen molar-refractivity contribution in [3.8, 4) is 0 Å². The first-order valence-corrected chi connectivity index (χ1v) is 6.31. The van der Waals surface area contributed by atoms with Gasteiger partial charge in [0.2, 0.25) is 0 Å². The first-order chi connectivity index (χ1) is 8.22. The summed E-state index contributed by atoms with van der Waals surface area (Å²) >= 11 is 0. The van der Waals surface area contributed by atoms with E-state index in [9.17, 15) is 4.79 Å². The highest BCUT2D eigenvalue weighted by Gasteiger charge is 2.30. The number of para-hydroxylation sites is 1. The van der Waals surface area contributed by atoms with Crippen molar-refractivity contribution in [1.29, 1.82) is 0 Å². The number of hydrogen-bond donors (Lipinski definition) is 2. The molecule has 0 amide bonds. The van der Waals surface area contributed by atoms with Crippen molar-refractivity contribution in [3.05, 3.63) is 29.8 Å². The van der Waals surface area contributed by atoms with Crippen LogP contribution in [-0.4, -0.2) is 17.1 Å². The molecule has 0 heterocycles. The van der Waals surface area contributed by atoms with Gasteiger partial charge < -0.3 is 10.4 Å². The third kappa shape index (κ3) is 2.99. The fourth-order valence-corrected chi connectivity index (χ4v) is 2.23. The molecule has 1 saturated carbocycles. The van der Waals surface area contributed by atoms with Gasteiger partial charge in [0.05, 0.1) is 5.56 Å². The molecule has 0 saturated heterocycles. The molecule has 2 rings (SSSR count). The standard InChI is InChI=1S/C14H19NO2/c1-2-5-12(10-8-9-10)15-13-7-4-3-6-11(13)14(16)17/h3-4,6-7,10,12,15H,2,5,8-9H2,1H3,(H,16,17). The summed E-state index contributed by atoms with van der Waals surface area (Å²) in [6.45, 7) is 2.17. The van der Waals surface area contributed by atoms with Crippen molar-refractivity contribution >= 4 is 11.7 Å². The van der Waals surface area contributed by atoms with Crippen LogP contribution < -0.4 is 5.32 Å². The van der Waals surface area contributed by atoms with E-state index in [1.165, 1.54) is 12.8 Å². The Morgan fingerprint density at radius 3 is 2.76 bits per heavy atom. The van der Waals surface area contributed by atoms with Gasteiger partial charge in [-0.1, -0.05) is 25.5 Å². The second kappa shape index (κ2) is 5.21. The predicted molar refractivity (Wildman–Crippen MR) is 68.4 cm³/mol. The molecule has 0 bridgehead atoms. The van der Waals surface area contributed by atoms with E-state index in [4.69, 9.17) is 5.11 Å². The van der Waals surface area contributed by atoms with Crippen LogP contribution in [0.3, 0.4) is 0 Å². The summed E-state index contributed by atoms with van der Waals surface area (Å²) in [5.74, 6) is -0.129. The van der Waals surface area contributed by atoms with Gasteiger partial charge in [0.15, 0.2) is 0 Å². The van der Waals surface area contributed by atoms with Crippen molar-refractivity contribution in [2.24, 2.45) is 5.92 Å². The van der Waals surface area contributed by atoms with Gasteiger partial charge in [-0.15, -0.1) is 0 Å². The molecule has 1 atom stereocenters. The van der Waals surface area contributed by atoms with Crippen molar-refractivity contribution in [3.63, 3.8) is 0 Å². The Morgan fingerprint density at radius 2 is 2.18 bits per heavy atom. The Bertz CT molecular complexity index is 399. The van der Waals surface area contributed by atoms with Gasteiger partial charge in [0.1, 0.15) is 0 Å². The summed E-state index contributed by atoms with van der Waals surface area (Å²) in [4.78, 5) is 11.1. The molecule has 0 aliphatic heterocycles. The van der Waals surface area contributed by atoms with Crippen LogP contribution in [0.5, 0.6) is 0 Å². The normalized spacial score (nSPS) is 16.5. The Hall–Kier alpha value is -1.51. The second-order valence-electron chi connectivity index (χ2n) is 4.73. The zero-order valence-electron chi connectivity index (χ0n) is 10.1. The minimum Gasteiger partial charge on any atom is -0.478 e. The van der Waals surface area contributed by atoms with E-state index in [2.05, 4.69) is 12.2 Å². The van der Waals surface area contributed by atoms with Crippen LogP contribution in [0.4, 0.5) is 5.69 Å². The number of carbonyl (C=O) groups is 1. The molecule has 1 unspecified atom stereocenters. The number of aromatic carboxylic acids is 1. The average molecular weight is 233 g/mol. The molecule has 92 valence electrons. The maximum atomic E-state index is 11.1. The highest BCUT2D eigenvalue weighted by molar-refractivity contribution is 5.94. The van der Waals surface area contributed by atoms with Gasteiger partial charge in [0.25, 0.3) is 0 Å². The molecule has 0 aromatic heterocycles. The lowest BCUT2D eigenvalue weighted by Crippen LogP contribution is -2.22. The fraction of sp³-hybridized carbons (Fsp3) is 0.500. The van der Waals surface area contributed by atoms with Gasteiger partial charge in [0, 0.05) is 11.7 Å². The van der Waals surface area contributed by atoms with E-state index in [0.717, 1.165) is 24.4 Å². The van der Waals surface area contributed by atoms with Crippen LogP contribution in [0.1, 0.15) is 43.0 Å². The molecule has 3 nitrogen and oxygen atoms in total. The van der Waals surface area contributed by atoms with E-state index in [-0.39, 0.29) is 0 Å². The zero-order valence-corrected chi connectivity index (χ0v) is 10.1. The Kier molecular flexibility index (Phi) is 3.67. The summed E-state index contributed by atoms with van der Waals surface area (Å²) in [5.41, 5.74) is 1.12. The van der Waals surface area contributed by atoms with E-state index in [1.807, 2.05) is 12.1 Å². The molecule has 1 aromatic rings. The van der Waals surface area contributed by atoms with E-state index in [0.29, 0.717) is 11.6 Å². The molecule has 3 heteroatoms. The maximum absolute atomic E-state index is 11.1. The smallest absolute Gasteiger partial charge is 0.337 e. The molecule has 17 heavy (non-hydrogen) atoms. The Labute approximate surface area is 102 Å². The number of anilines is 1. The lowest BCUT2D eigenvalue weighted by Gasteiger charge is -2.20. The van der Waals surface area contributed by atoms with Gasteiger partial charge in [-0.05, 0) is 37.3 Å². The molecule has 1 aromatic carbocycles. The largest absolute Gasteiger partial charge is 0.478 e. The van der Waals surface area contributed by atoms with Crippen molar-refractivity contribution in [2.75, 3.05) is 5.32 Å². The summed E-state index contributed by atoms with van der Waals surface area (Å²) in [6, 6.07) is 7.58. The minimum absolute atomic E-state index is 0.370. The summed E-state index contributed by atoms with van der Waals surface area (Å²) in [5, 5.41) is 12.5. The van der Waals surface area contributed by atoms with Crippen LogP contribution in [0.2, 0.25) is 0 Å². The molecule has 0 radical (unpaired) electrons. The minimum atomic E-state index is -0.862. The average Bonchev–Trinajstić information content (AvgIpc) is 3.13. The quantitative estimate of drug-likeness (QED) is 0.792. The van der Waals surface area contributed by atoms with Crippen LogP contribution >= 0.6 is 0 Å². The number of hydrogen-bond acceptors (Lipinski definition) is 2. The van der Waals surface area contributed by atoms with E-state index >= 15 is 0 Å². The van der Waals surface area contributed by atoms with Gasteiger partial charge in [-0.3, -0.25) is 0 Å². The van der Waals surface area contributed by atoms with E-state index < -0.39 is 5.97 Å². The predicted octanol–water partition coefficient (Wildman–Crippen LogP) is 3.38. The number of carboxylic acids is 1. The maximum Gasteiger partial charge on any atom is 0.337 e. The summed E-state index contributed by atoms with van der Waals surface area (Å²) in [7, 11) is 0. The molecule has 1 aliphatic rings. The Morgan fingerprint density at radius 1 is 1.47 bits per heavy atom. The van der Waals surface area contributed by atoms with Gasteiger partial charge in [-0.2, -0.15) is 0 Å². The first-order valence-electron chi connectivity index (χ1n) is 6.31. The van der Waals surface area contributed by atoms with Crippen molar-refractivity contribution in [1.82, 2.24) is 0 Å². The summed E-state index contributed by atoms with van der Waals surface area (Å²) in [6.07, 6.45) is 4.78. The fourth-order valence-electron chi connectivity index (χ4n) is 2.23. The second-order valence-corrected chi connectivity index (χ2v) is 4.73. The molecule has 1 fully saturated rings. The monoisotopic (exact) mass is 233 g/mol. The lowest BCUT2D eigenvalue weighted by molar-refractivity contribution is 0.0698. The van der Waals surface area contributed by atoms with Crippen molar-refractivity contribution in [2.45, 2.75) is 38.6 Å². The summed E-state index contributed by atoms with van der Waals surface area (Å²) < 4.78 is 0. The topological polar surface area (TPSA) is 49.3 Å². The van der Waals surface area contributed by atoms with Crippen LogP contribution in [0, 0.1) is 5.92 Å². The highest BCUT2D eigenvalue weighted by atomic mass is 16.4. The third-order valence-corrected chi connectivity index (χ3v) is 3.29. The molecule has 2 N–H and O–H groups in total. The Balaban J connectivity index is 2.13. The number of carboxylic acid groups (broad SMARTS) is 1. The van der Waals surface area contributed by atoms with Gasteiger partial charge in [-0.25, -0.2) is 4.79 Å². The number of benzene rings is 1. The lowest BCUT2D eigenvalue weighted by atomic mass is 10.1. The third-order valence-electron chi connectivity index (χ3n) is 3.29. The van der Waals surface area contributed by atoms with Crippen LogP contribution in [0.25, 0.3) is 0 Å². The van der Waals surface area contributed by atoms with Crippen LogP contribution in [0.15, 0.2) is 24.3 Å².